The summed E-state index contributed by atoms with van der Waals surface area (Å²) in [5, 5.41) is 0.0301. The molecule has 1 heterocycles. The second-order valence-corrected chi connectivity index (χ2v) is 4.51. The van der Waals surface area contributed by atoms with Crippen LogP contribution in [0.5, 0.6) is 0 Å². The fourth-order valence-corrected chi connectivity index (χ4v) is 1.88. The predicted molar refractivity (Wildman–Crippen MR) is 69.6 cm³/mol. The number of hydrogen-bond donors (Lipinski definition) is 0. The summed E-state index contributed by atoms with van der Waals surface area (Å²) >= 11 is 5.85. The standard InChI is InChI=1S/C12H14ClN3O/c1-15(2)7-8-16-10-6-4-3-5-9(10)14-11(13)12(16)17/h3-6H,7-8H2,1-2H3. The maximum Gasteiger partial charge on any atom is 0.288 e. The second-order valence-electron chi connectivity index (χ2n) is 4.15. The monoisotopic (exact) mass is 251 g/mol. The number of nitrogens with zero attached hydrogens (tertiary/aromatic N) is 3. The van der Waals surface area contributed by atoms with E-state index in [9.17, 15) is 4.79 Å². The molecule has 0 spiro atoms. The lowest BCUT2D eigenvalue weighted by molar-refractivity contribution is 0.384. The summed E-state index contributed by atoms with van der Waals surface area (Å²) in [5.41, 5.74) is 1.34. The summed E-state index contributed by atoms with van der Waals surface area (Å²) in [6.45, 7) is 1.39. The van der Waals surface area contributed by atoms with Crippen molar-refractivity contribution in [1.82, 2.24) is 14.5 Å². The molecule has 0 unspecified atom stereocenters. The minimum Gasteiger partial charge on any atom is -0.308 e. The molecular formula is C12H14ClN3O. The summed E-state index contributed by atoms with van der Waals surface area (Å²) < 4.78 is 1.67. The number of para-hydroxylation sites is 2. The maximum atomic E-state index is 11.9. The number of benzene rings is 1. The van der Waals surface area contributed by atoms with Gasteiger partial charge in [0.1, 0.15) is 0 Å². The first-order valence-corrected chi connectivity index (χ1v) is 5.77. The average Bonchev–Trinajstić information content (AvgIpc) is 2.29. The van der Waals surface area contributed by atoms with Crippen molar-refractivity contribution in [2.75, 3.05) is 20.6 Å². The Bertz CT molecular complexity index is 592. The van der Waals surface area contributed by atoms with Gasteiger partial charge in [0.25, 0.3) is 5.56 Å². The molecule has 0 aliphatic carbocycles. The van der Waals surface area contributed by atoms with Crippen LogP contribution in [0.25, 0.3) is 11.0 Å². The van der Waals surface area contributed by atoms with Crippen LogP contribution in [0, 0.1) is 0 Å². The van der Waals surface area contributed by atoms with Crippen LogP contribution in [0.15, 0.2) is 29.1 Å². The first-order valence-electron chi connectivity index (χ1n) is 5.39. The predicted octanol–water partition coefficient (Wildman–Crippen LogP) is 1.61. The summed E-state index contributed by atoms with van der Waals surface area (Å²) in [7, 11) is 3.94. The van der Waals surface area contributed by atoms with E-state index in [0.29, 0.717) is 6.54 Å². The van der Waals surface area contributed by atoms with Crippen LogP contribution in [0.2, 0.25) is 5.15 Å². The Morgan fingerprint density at radius 2 is 2.06 bits per heavy atom. The van der Waals surface area contributed by atoms with Gasteiger partial charge in [-0.2, -0.15) is 0 Å². The lowest BCUT2D eigenvalue weighted by Gasteiger charge is -2.13. The molecule has 2 rings (SSSR count). The van der Waals surface area contributed by atoms with Crippen molar-refractivity contribution in [2.24, 2.45) is 0 Å². The van der Waals surface area contributed by atoms with Crippen LogP contribution in [-0.2, 0) is 6.54 Å². The van der Waals surface area contributed by atoms with E-state index in [1.165, 1.54) is 0 Å². The summed E-state index contributed by atoms with van der Waals surface area (Å²) in [4.78, 5) is 18.1. The molecule has 90 valence electrons. The highest BCUT2D eigenvalue weighted by Gasteiger charge is 2.08. The van der Waals surface area contributed by atoms with Gasteiger partial charge >= 0.3 is 0 Å². The molecular weight excluding hydrogens is 238 g/mol. The van der Waals surface area contributed by atoms with Crippen LogP contribution < -0.4 is 5.56 Å². The Morgan fingerprint density at radius 1 is 1.35 bits per heavy atom. The van der Waals surface area contributed by atoms with E-state index in [1.54, 1.807) is 4.57 Å². The second kappa shape index (κ2) is 4.85. The molecule has 0 aliphatic heterocycles. The third-order valence-corrected chi connectivity index (χ3v) is 2.83. The SMILES string of the molecule is CN(C)CCn1c(=O)c(Cl)nc2ccccc21. The third kappa shape index (κ3) is 2.48. The van der Waals surface area contributed by atoms with E-state index in [4.69, 9.17) is 11.6 Å². The molecule has 1 aromatic carbocycles. The minimum atomic E-state index is -0.229. The summed E-state index contributed by atoms with van der Waals surface area (Å²) in [6.07, 6.45) is 0. The minimum absolute atomic E-state index is 0.0301. The first-order chi connectivity index (χ1) is 8.09. The zero-order valence-electron chi connectivity index (χ0n) is 9.85. The zero-order valence-corrected chi connectivity index (χ0v) is 10.6. The Balaban J connectivity index is 2.58. The van der Waals surface area contributed by atoms with Gasteiger partial charge in [0.05, 0.1) is 11.0 Å². The molecule has 0 saturated carbocycles. The Labute approximate surface area is 104 Å². The van der Waals surface area contributed by atoms with E-state index >= 15 is 0 Å². The van der Waals surface area contributed by atoms with Gasteiger partial charge in [0.15, 0.2) is 5.15 Å². The quantitative estimate of drug-likeness (QED) is 0.832. The Kier molecular flexibility index (Phi) is 3.45. The molecule has 0 amide bonds. The maximum absolute atomic E-state index is 11.9. The molecule has 5 heteroatoms. The number of aromatic nitrogens is 2. The fourth-order valence-electron chi connectivity index (χ4n) is 1.68. The van der Waals surface area contributed by atoms with Crippen molar-refractivity contribution in [3.05, 3.63) is 39.8 Å². The van der Waals surface area contributed by atoms with Gasteiger partial charge in [-0.15, -0.1) is 0 Å². The van der Waals surface area contributed by atoms with Gasteiger partial charge in [-0.25, -0.2) is 4.98 Å². The fraction of sp³-hybridized carbons (Fsp3) is 0.333. The van der Waals surface area contributed by atoms with Crippen LogP contribution in [0.4, 0.5) is 0 Å². The van der Waals surface area contributed by atoms with E-state index < -0.39 is 0 Å². The normalized spacial score (nSPS) is 11.3. The molecule has 1 aromatic heterocycles. The molecule has 0 saturated heterocycles. The molecule has 0 radical (unpaired) electrons. The van der Waals surface area contributed by atoms with Gasteiger partial charge in [-0.05, 0) is 26.2 Å². The Morgan fingerprint density at radius 3 is 2.76 bits per heavy atom. The molecule has 0 atom stereocenters. The lowest BCUT2D eigenvalue weighted by atomic mass is 10.3. The van der Waals surface area contributed by atoms with E-state index in [0.717, 1.165) is 17.6 Å². The van der Waals surface area contributed by atoms with E-state index in [2.05, 4.69) is 4.98 Å². The van der Waals surface area contributed by atoms with Crippen LogP contribution in [-0.4, -0.2) is 35.1 Å². The van der Waals surface area contributed by atoms with Crippen LogP contribution >= 0.6 is 11.6 Å². The molecule has 0 bridgehead atoms. The largest absolute Gasteiger partial charge is 0.308 e. The first kappa shape index (κ1) is 12.1. The van der Waals surface area contributed by atoms with Gasteiger partial charge in [0.2, 0.25) is 0 Å². The number of fused-ring (bicyclic) bond motifs is 1. The number of hydrogen-bond acceptors (Lipinski definition) is 3. The third-order valence-electron chi connectivity index (χ3n) is 2.58. The Hall–Kier alpha value is -1.39. The van der Waals surface area contributed by atoms with Crippen molar-refractivity contribution >= 4 is 22.6 Å². The molecule has 2 aromatic rings. The van der Waals surface area contributed by atoms with Crippen molar-refractivity contribution < 1.29 is 0 Å². The van der Waals surface area contributed by atoms with Crippen molar-refractivity contribution in [3.8, 4) is 0 Å². The highest BCUT2D eigenvalue weighted by atomic mass is 35.5. The van der Waals surface area contributed by atoms with Crippen molar-refractivity contribution in [2.45, 2.75) is 6.54 Å². The lowest BCUT2D eigenvalue weighted by Crippen LogP contribution is -2.27. The molecule has 0 N–H and O–H groups in total. The van der Waals surface area contributed by atoms with Gasteiger partial charge < -0.3 is 9.47 Å². The van der Waals surface area contributed by atoms with E-state index in [-0.39, 0.29) is 10.7 Å². The van der Waals surface area contributed by atoms with Gasteiger partial charge in [-0.3, -0.25) is 4.79 Å². The van der Waals surface area contributed by atoms with Gasteiger partial charge in [-0.1, -0.05) is 23.7 Å². The van der Waals surface area contributed by atoms with Crippen molar-refractivity contribution in [3.63, 3.8) is 0 Å². The van der Waals surface area contributed by atoms with Gasteiger partial charge in [0, 0.05) is 13.1 Å². The summed E-state index contributed by atoms with van der Waals surface area (Å²) in [5.74, 6) is 0. The van der Waals surface area contributed by atoms with Crippen LogP contribution in [0.3, 0.4) is 0 Å². The van der Waals surface area contributed by atoms with Crippen LogP contribution in [0.1, 0.15) is 0 Å². The number of likely N-dealkylation sites (N-methyl/N-ethyl adjacent to an activating group) is 1. The number of halogens is 1. The van der Waals surface area contributed by atoms with Crippen molar-refractivity contribution in [1.29, 1.82) is 0 Å². The molecule has 4 nitrogen and oxygen atoms in total. The molecule has 0 aliphatic rings. The molecule has 17 heavy (non-hydrogen) atoms. The molecule has 0 fully saturated rings. The summed E-state index contributed by atoms with van der Waals surface area (Å²) in [6, 6.07) is 7.51. The highest BCUT2D eigenvalue weighted by molar-refractivity contribution is 6.29. The topological polar surface area (TPSA) is 38.1 Å². The van der Waals surface area contributed by atoms with E-state index in [1.807, 2.05) is 43.3 Å². The average molecular weight is 252 g/mol. The highest BCUT2D eigenvalue weighted by Crippen LogP contribution is 2.11. The number of rotatable bonds is 3. The smallest absolute Gasteiger partial charge is 0.288 e. The zero-order chi connectivity index (χ0) is 12.4.